The molecule has 0 saturated heterocycles. The van der Waals surface area contributed by atoms with Gasteiger partial charge in [0, 0.05) is 11.8 Å². The number of tetrazole rings is 1. The van der Waals surface area contributed by atoms with Gasteiger partial charge in [0.15, 0.2) is 5.82 Å². The number of hydrogen-bond donors (Lipinski definition) is 1. The third-order valence-electron chi connectivity index (χ3n) is 3.98. The van der Waals surface area contributed by atoms with E-state index in [9.17, 15) is 0 Å². The average Bonchev–Trinajstić information content (AvgIpc) is 3.16. The Balaban J connectivity index is 1.82. The van der Waals surface area contributed by atoms with E-state index in [1.54, 1.807) is 24.0 Å². The molecule has 0 aliphatic heterocycles. The first-order chi connectivity index (χ1) is 12.4. The SMILES string of the molecule is COc1ccccc1[C@@H](Nc1nccn2nnnc12)c1ccccc1. The van der Waals surface area contributed by atoms with Crippen molar-refractivity contribution < 1.29 is 4.74 Å². The van der Waals surface area contributed by atoms with E-state index in [0.717, 1.165) is 16.9 Å². The molecule has 1 atom stereocenters. The van der Waals surface area contributed by atoms with E-state index in [4.69, 9.17) is 4.74 Å². The molecule has 7 heteroatoms. The van der Waals surface area contributed by atoms with Gasteiger partial charge in [-0.1, -0.05) is 48.5 Å². The first-order valence-electron chi connectivity index (χ1n) is 7.84. The van der Waals surface area contributed by atoms with E-state index in [2.05, 4.69) is 38.0 Å². The molecule has 1 N–H and O–H groups in total. The molecule has 0 fully saturated rings. The van der Waals surface area contributed by atoms with E-state index in [1.807, 2.05) is 42.5 Å². The number of nitrogens with zero attached hydrogens (tertiary/aromatic N) is 5. The minimum absolute atomic E-state index is 0.159. The number of anilines is 1. The zero-order valence-corrected chi connectivity index (χ0v) is 13.6. The molecule has 0 spiro atoms. The van der Waals surface area contributed by atoms with Crippen LogP contribution in [0, 0.1) is 0 Å². The fourth-order valence-electron chi connectivity index (χ4n) is 2.81. The number of rotatable bonds is 5. The Bertz CT molecular complexity index is 985. The molecule has 0 unspecified atom stereocenters. The van der Waals surface area contributed by atoms with Crippen molar-refractivity contribution in [2.75, 3.05) is 12.4 Å². The molecule has 0 amide bonds. The summed E-state index contributed by atoms with van der Waals surface area (Å²) in [6.07, 6.45) is 3.37. The van der Waals surface area contributed by atoms with Crippen molar-refractivity contribution in [3.05, 3.63) is 78.1 Å². The Morgan fingerprint density at radius 3 is 2.68 bits per heavy atom. The second-order valence-electron chi connectivity index (χ2n) is 5.45. The summed E-state index contributed by atoms with van der Waals surface area (Å²) >= 11 is 0. The van der Waals surface area contributed by atoms with Crippen LogP contribution in [0.2, 0.25) is 0 Å². The number of aromatic nitrogens is 5. The van der Waals surface area contributed by atoms with Gasteiger partial charge in [0.2, 0.25) is 5.65 Å². The largest absolute Gasteiger partial charge is 0.496 e. The Hall–Kier alpha value is -3.48. The van der Waals surface area contributed by atoms with Gasteiger partial charge in [-0.25, -0.2) is 4.98 Å². The Morgan fingerprint density at radius 2 is 1.84 bits per heavy atom. The molecular formula is C18H16N6O. The molecular weight excluding hydrogens is 316 g/mol. The lowest BCUT2D eigenvalue weighted by molar-refractivity contribution is 0.408. The van der Waals surface area contributed by atoms with E-state index in [0.29, 0.717) is 11.5 Å². The van der Waals surface area contributed by atoms with Crippen LogP contribution in [0.5, 0.6) is 5.75 Å². The summed E-state index contributed by atoms with van der Waals surface area (Å²) in [5, 5.41) is 15.1. The number of hydrogen-bond acceptors (Lipinski definition) is 6. The second kappa shape index (κ2) is 6.56. The van der Waals surface area contributed by atoms with E-state index in [-0.39, 0.29) is 6.04 Å². The van der Waals surface area contributed by atoms with Crippen LogP contribution in [0.15, 0.2) is 67.0 Å². The summed E-state index contributed by atoms with van der Waals surface area (Å²) in [5.41, 5.74) is 2.66. The maximum atomic E-state index is 5.55. The highest BCUT2D eigenvalue weighted by Gasteiger charge is 2.20. The Kier molecular flexibility index (Phi) is 3.96. The second-order valence-corrected chi connectivity index (χ2v) is 5.45. The molecule has 25 heavy (non-hydrogen) atoms. The van der Waals surface area contributed by atoms with Crippen molar-refractivity contribution in [2.24, 2.45) is 0 Å². The van der Waals surface area contributed by atoms with Crippen LogP contribution in [0.3, 0.4) is 0 Å². The Labute approximate surface area is 144 Å². The fourth-order valence-corrected chi connectivity index (χ4v) is 2.81. The average molecular weight is 332 g/mol. The molecule has 2 aromatic carbocycles. The first kappa shape index (κ1) is 15.1. The van der Waals surface area contributed by atoms with Gasteiger partial charge in [-0.3, -0.25) is 0 Å². The summed E-state index contributed by atoms with van der Waals surface area (Å²) < 4.78 is 7.13. The quantitative estimate of drug-likeness (QED) is 0.605. The molecule has 4 rings (SSSR count). The first-order valence-corrected chi connectivity index (χ1v) is 7.84. The van der Waals surface area contributed by atoms with Crippen molar-refractivity contribution >= 4 is 11.5 Å². The van der Waals surface area contributed by atoms with Crippen LogP contribution < -0.4 is 10.1 Å². The zero-order valence-electron chi connectivity index (χ0n) is 13.6. The standard InChI is InChI=1S/C18H16N6O/c1-25-15-10-6-5-9-14(15)16(13-7-3-2-4-8-13)20-17-18-21-22-23-24(18)12-11-19-17/h2-12,16H,1H3,(H,19,20)/t16-/m0/s1. The number of methoxy groups -OCH3 is 1. The predicted molar refractivity (Wildman–Crippen MR) is 93.5 cm³/mol. The highest BCUT2D eigenvalue weighted by molar-refractivity contribution is 5.63. The summed E-state index contributed by atoms with van der Waals surface area (Å²) in [4.78, 5) is 4.41. The molecule has 0 saturated carbocycles. The molecule has 2 aromatic heterocycles. The molecule has 7 nitrogen and oxygen atoms in total. The Morgan fingerprint density at radius 1 is 1.04 bits per heavy atom. The minimum Gasteiger partial charge on any atom is -0.496 e. The third-order valence-corrected chi connectivity index (χ3v) is 3.98. The maximum absolute atomic E-state index is 5.55. The van der Waals surface area contributed by atoms with Gasteiger partial charge in [0.1, 0.15) is 5.75 Å². The van der Waals surface area contributed by atoms with Gasteiger partial charge in [0.05, 0.1) is 19.3 Å². The summed E-state index contributed by atoms with van der Waals surface area (Å²) in [6, 6.07) is 17.9. The highest BCUT2D eigenvalue weighted by Crippen LogP contribution is 2.32. The van der Waals surface area contributed by atoms with Crippen molar-refractivity contribution in [1.29, 1.82) is 0 Å². The molecule has 4 aromatic rings. The topological polar surface area (TPSA) is 77.2 Å². The lowest BCUT2D eigenvalue weighted by Gasteiger charge is -2.22. The maximum Gasteiger partial charge on any atom is 0.221 e. The van der Waals surface area contributed by atoms with Crippen LogP contribution in [0.1, 0.15) is 17.2 Å². The van der Waals surface area contributed by atoms with Gasteiger partial charge >= 0.3 is 0 Å². The fraction of sp³-hybridized carbons (Fsp3) is 0.111. The van der Waals surface area contributed by atoms with Crippen molar-refractivity contribution in [3.8, 4) is 5.75 Å². The van der Waals surface area contributed by atoms with E-state index >= 15 is 0 Å². The van der Waals surface area contributed by atoms with Gasteiger partial charge in [0.25, 0.3) is 0 Å². The molecule has 0 radical (unpaired) electrons. The van der Waals surface area contributed by atoms with Gasteiger partial charge < -0.3 is 10.1 Å². The molecule has 124 valence electrons. The van der Waals surface area contributed by atoms with Gasteiger partial charge in [-0.2, -0.15) is 4.52 Å². The summed E-state index contributed by atoms with van der Waals surface area (Å²) in [7, 11) is 1.67. The van der Waals surface area contributed by atoms with Crippen molar-refractivity contribution in [3.63, 3.8) is 0 Å². The molecule has 0 bridgehead atoms. The summed E-state index contributed by atoms with van der Waals surface area (Å²) in [6.45, 7) is 0. The monoisotopic (exact) mass is 332 g/mol. The van der Waals surface area contributed by atoms with Crippen LogP contribution in [-0.4, -0.2) is 32.1 Å². The van der Waals surface area contributed by atoms with Gasteiger partial charge in [-0.05, 0) is 22.1 Å². The number of benzene rings is 2. The third kappa shape index (κ3) is 2.87. The van der Waals surface area contributed by atoms with E-state index in [1.165, 1.54) is 0 Å². The van der Waals surface area contributed by atoms with Crippen LogP contribution >= 0.6 is 0 Å². The normalized spacial score (nSPS) is 12.0. The summed E-state index contributed by atoms with van der Waals surface area (Å²) in [5.74, 6) is 1.41. The number of fused-ring (bicyclic) bond motifs is 1. The van der Waals surface area contributed by atoms with Crippen LogP contribution in [0.4, 0.5) is 5.82 Å². The smallest absolute Gasteiger partial charge is 0.221 e. The number of para-hydroxylation sites is 1. The predicted octanol–water partition coefficient (Wildman–Crippen LogP) is 2.73. The van der Waals surface area contributed by atoms with Crippen molar-refractivity contribution in [1.82, 2.24) is 25.0 Å². The molecule has 0 aliphatic rings. The highest BCUT2D eigenvalue weighted by atomic mass is 16.5. The molecule has 2 heterocycles. The van der Waals surface area contributed by atoms with Gasteiger partial charge in [-0.15, -0.1) is 5.10 Å². The number of nitrogens with one attached hydrogen (secondary N) is 1. The van der Waals surface area contributed by atoms with Crippen molar-refractivity contribution in [2.45, 2.75) is 6.04 Å². The van der Waals surface area contributed by atoms with Crippen LogP contribution in [-0.2, 0) is 0 Å². The van der Waals surface area contributed by atoms with E-state index < -0.39 is 0 Å². The number of ether oxygens (including phenoxy) is 1. The zero-order chi connectivity index (χ0) is 17.1. The lowest BCUT2D eigenvalue weighted by Crippen LogP contribution is -2.15. The minimum atomic E-state index is -0.159. The van der Waals surface area contributed by atoms with Crippen LogP contribution in [0.25, 0.3) is 5.65 Å². The molecule has 0 aliphatic carbocycles. The lowest BCUT2D eigenvalue weighted by atomic mass is 9.98.